The third-order valence-electron chi connectivity index (χ3n) is 4.89. The highest BCUT2D eigenvalue weighted by Crippen LogP contribution is 2.40. The summed E-state index contributed by atoms with van der Waals surface area (Å²) in [5.41, 5.74) is 0.562. The quantitative estimate of drug-likeness (QED) is 0.763. The molecule has 1 aromatic heterocycles. The average molecular weight is 368 g/mol. The fourth-order valence-corrected chi connectivity index (χ4v) is 3.60. The second-order valence-corrected chi connectivity index (χ2v) is 6.49. The number of carbonyl (C=O) groups is 2. The minimum Gasteiger partial charge on any atom is -0.495 e. The molecule has 27 heavy (non-hydrogen) atoms. The molecule has 0 saturated carbocycles. The summed E-state index contributed by atoms with van der Waals surface area (Å²) in [6, 6.07) is 10.7. The van der Waals surface area contributed by atoms with Gasteiger partial charge in [0, 0.05) is 0 Å². The van der Waals surface area contributed by atoms with Crippen molar-refractivity contribution in [3.05, 3.63) is 60.6 Å². The minimum absolute atomic E-state index is 0.233. The fourth-order valence-electron chi connectivity index (χ4n) is 3.60. The van der Waals surface area contributed by atoms with E-state index in [0.29, 0.717) is 17.2 Å². The van der Waals surface area contributed by atoms with E-state index in [1.165, 1.54) is 0 Å². The van der Waals surface area contributed by atoms with E-state index in [9.17, 15) is 9.59 Å². The molecule has 7 heteroatoms. The van der Waals surface area contributed by atoms with Crippen molar-refractivity contribution in [2.24, 2.45) is 11.8 Å². The van der Waals surface area contributed by atoms with Crippen LogP contribution in [-0.4, -0.2) is 31.1 Å². The van der Waals surface area contributed by atoms with Gasteiger partial charge in [-0.15, -0.1) is 0 Å². The van der Waals surface area contributed by atoms with Gasteiger partial charge >= 0.3 is 0 Å². The lowest BCUT2D eigenvalue weighted by Crippen LogP contribution is -2.44. The smallest absolute Gasteiger partial charge is 0.231 e. The lowest BCUT2D eigenvalue weighted by atomic mass is 9.81. The van der Waals surface area contributed by atoms with Crippen LogP contribution < -0.4 is 15.4 Å². The van der Waals surface area contributed by atoms with Crippen LogP contribution in [0.15, 0.2) is 59.2 Å². The SMILES string of the molecule is COc1ccccc1NC(=O)C1C2C=CC(O2)C1C(=O)NCc1ccco1. The van der Waals surface area contributed by atoms with E-state index in [0.717, 1.165) is 0 Å². The van der Waals surface area contributed by atoms with Gasteiger partial charge in [-0.1, -0.05) is 24.3 Å². The van der Waals surface area contributed by atoms with E-state index in [1.54, 1.807) is 37.6 Å². The number of anilines is 1. The lowest BCUT2D eigenvalue weighted by molar-refractivity contribution is -0.131. The number of fused-ring (bicyclic) bond motifs is 2. The number of para-hydroxylation sites is 2. The topological polar surface area (TPSA) is 89.8 Å². The summed E-state index contributed by atoms with van der Waals surface area (Å²) in [5.74, 6) is -0.494. The monoisotopic (exact) mass is 368 g/mol. The molecule has 4 rings (SSSR count). The van der Waals surface area contributed by atoms with Crippen LogP contribution in [0.1, 0.15) is 5.76 Å². The van der Waals surface area contributed by atoms with E-state index >= 15 is 0 Å². The van der Waals surface area contributed by atoms with Gasteiger partial charge in [-0.2, -0.15) is 0 Å². The Hall–Kier alpha value is -3.06. The summed E-state index contributed by atoms with van der Waals surface area (Å²) in [7, 11) is 1.54. The first kappa shape index (κ1) is 17.4. The van der Waals surface area contributed by atoms with E-state index in [-0.39, 0.29) is 18.4 Å². The first-order chi connectivity index (χ1) is 13.2. The molecule has 1 fully saturated rings. The lowest BCUT2D eigenvalue weighted by Gasteiger charge is -2.24. The van der Waals surface area contributed by atoms with Crippen molar-refractivity contribution < 1.29 is 23.5 Å². The third kappa shape index (κ3) is 3.33. The molecule has 2 N–H and O–H groups in total. The minimum atomic E-state index is -0.610. The highest BCUT2D eigenvalue weighted by molar-refractivity contribution is 5.98. The Morgan fingerprint density at radius 1 is 1.04 bits per heavy atom. The summed E-state index contributed by atoms with van der Waals surface area (Å²) in [5, 5.41) is 5.70. The number of amides is 2. The Morgan fingerprint density at radius 2 is 1.78 bits per heavy atom. The number of carbonyl (C=O) groups excluding carboxylic acids is 2. The third-order valence-corrected chi connectivity index (χ3v) is 4.89. The molecule has 3 heterocycles. The molecule has 0 spiro atoms. The number of methoxy groups -OCH3 is 1. The second-order valence-electron chi connectivity index (χ2n) is 6.49. The van der Waals surface area contributed by atoms with Crippen molar-refractivity contribution in [3.8, 4) is 5.75 Å². The molecule has 140 valence electrons. The number of furan rings is 1. The molecule has 2 aromatic rings. The van der Waals surface area contributed by atoms with Crippen LogP contribution in [0.2, 0.25) is 0 Å². The zero-order chi connectivity index (χ0) is 18.8. The number of benzene rings is 1. The van der Waals surface area contributed by atoms with E-state index in [4.69, 9.17) is 13.9 Å². The van der Waals surface area contributed by atoms with Crippen molar-refractivity contribution in [1.82, 2.24) is 5.32 Å². The van der Waals surface area contributed by atoms with Crippen molar-refractivity contribution in [2.75, 3.05) is 12.4 Å². The number of nitrogens with one attached hydrogen (secondary N) is 2. The first-order valence-corrected chi connectivity index (χ1v) is 8.75. The average Bonchev–Trinajstić information content (AvgIpc) is 3.43. The van der Waals surface area contributed by atoms with Crippen molar-refractivity contribution >= 4 is 17.5 Å². The van der Waals surface area contributed by atoms with Gasteiger partial charge in [-0.05, 0) is 24.3 Å². The predicted molar refractivity (Wildman–Crippen MR) is 97.0 cm³/mol. The Bertz CT molecular complexity index is 861. The van der Waals surface area contributed by atoms with Crippen molar-refractivity contribution in [1.29, 1.82) is 0 Å². The van der Waals surface area contributed by atoms with Crippen molar-refractivity contribution in [2.45, 2.75) is 18.8 Å². The van der Waals surface area contributed by atoms with Gasteiger partial charge in [0.05, 0.1) is 49.6 Å². The molecule has 4 atom stereocenters. The number of hydrogen-bond donors (Lipinski definition) is 2. The summed E-state index contributed by atoms with van der Waals surface area (Å²) < 4.78 is 16.3. The highest BCUT2D eigenvalue weighted by atomic mass is 16.5. The largest absolute Gasteiger partial charge is 0.495 e. The summed E-state index contributed by atoms with van der Waals surface area (Å²) >= 11 is 0. The van der Waals surface area contributed by atoms with E-state index in [1.807, 2.05) is 24.3 Å². The van der Waals surface area contributed by atoms with Crippen LogP contribution >= 0.6 is 0 Å². The Labute approximate surface area is 156 Å². The van der Waals surface area contributed by atoms with Crippen molar-refractivity contribution in [3.63, 3.8) is 0 Å². The highest BCUT2D eigenvalue weighted by Gasteiger charge is 2.52. The molecule has 2 aliphatic heterocycles. The standard InChI is InChI=1S/C20H20N2O5/c1-25-14-7-3-2-6-13(14)22-20(24)18-16-9-8-15(27-16)17(18)19(23)21-11-12-5-4-10-26-12/h2-10,15-18H,11H2,1H3,(H,21,23)(H,22,24). The molecule has 0 radical (unpaired) electrons. The Kier molecular flexibility index (Phi) is 4.68. The molecule has 7 nitrogen and oxygen atoms in total. The zero-order valence-electron chi connectivity index (χ0n) is 14.8. The van der Waals surface area contributed by atoms with Gasteiger partial charge in [0.2, 0.25) is 11.8 Å². The molecule has 1 saturated heterocycles. The Balaban J connectivity index is 1.49. The fraction of sp³-hybridized carbons (Fsp3) is 0.300. The molecule has 4 unspecified atom stereocenters. The molecule has 2 bridgehead atoms. The zero-order valence-corrected chi connectivity index (χ0v) is 14.8. The number of ether oxygens (including phenoxy) is 2. The van der Waals surface area contributed by atoms with Crippen LogP contribution in [0.4, 0.5) is 5.69 Å². The normalized spacial score (nSPS) is 25.4. The predicted octanol–water partition coefficient (Wildman–Crippen LogP) is 2.11. The molecule has 2 aliphatic rings. The maximum Gasteiger partial charge on any atom is 0.231 e. The summed E-state index contributed by atoms with van der Waals surface area (Å²) in [4.78, 5) is 25.7. The van der Waals surface area contributed by atoms with Gasteiger partial charge in [0.15, 0.2) is 0 Å². The van der Waals surface area contributed by atoms with Gasteiger partial charge in [0.25, 0.3) is 0 Å². The molecular formula is C20H20N2O5. The second kappa shape index (κ2) is 7.28. The molecule has 0 aliphatic carbocycles. The summed E-state index contributed by atoms with van der Waals surface area (Å²) in [6.45, 7) is 0.268. The van der Waals surface area contributed by atoms with Gasteiger partial charge < -0.3 is 24.5 Å². The summed E-state index contributed by atoms with van der Waals surface area (Å²) in [6.07, 6.45) is 4.42. The van der Waals surface area contributed by atoms with Crippen LogP contribution in [0.5, 0.6) is 5.75 Å². The molecule has 1 aromatic carbocycles. The van der Waals surface area contributed by atoms with Crippen LogP contribution in [0.25, 0.3) is 0 Å². The Morgan fingerprint density at radius 3 is 2.48 bits per heavy atom. The van der Waals surface area contributed by atoms with Gasteiger partial charge in [-0.25, -0.2) is 0 Å². The maximum atomic E-state index is 12.9. The van der Waals surface area contributed by atoms with E-state index in [2.05, 4.69) is 10.6 Å². The number of rotatable bonds is 6. The van der Waals surface area contributed by atoms with Gasteiger partial charge in [0.1, 0.15) is 11.5 Å². The molecular weight excluding hydrogens is 348 g/mol. The molecule has 2 amide bonds. The maximum absolute atomic E-state index is 12.9. The van der Waals surface area contributed by atoms with Gasteiger partial charge in [-0.3, -0.25) is 9.59 Å². The van der Waals surface area contributed by atoms with Crippen LogP contribution in [-0.2, 0) is 20.9 Å². The van der Waals surface area contributed by atoms with E-state index < -0.39 is 24.0 Å². The first-order valence-electron chi connectivity index (χ1n) is 8.75. The number of hydrogen-bond acceptors (Lipinski definition) is 5. The van der Waals surface area contributed by atoms with Crippen LogP contribution in [0, 0.1) is 11.8 Å². The van der Waals surface area contributed by atoms with Crippen LogP contribution in [0.3, 0.4) is 0 Å².